The van der Waals surface area contributed by atoms with Crippen molar-refractivity contribution in [3.8, 4) is 0 Å². The van der Waals surface area contributed by atoms with Gasteiger partial charge < -0.3 is 10.1 Å². The van der Waals surface area contributed by atoms with Gasteiger partial charge in [-0.3, -0.25) is 4.79 Å². The minimum absolute atomic E-state index is 0.158. The van der Waals surface area contributed by atoms with Crippen molar-refractivity contribution in [3.05, 3.63) is 29.8 Å². The number of rotatable bonds is 10. The van der Waals surface area contributed by atoms with E-state index in [2.05, 4.69) is 10.0 Å². The lowest BCUT2D eigenvalue weighted by Crippen LogP contribution is -2.28. The van der Waals surface area contributed by atoms with Crippen LogP contribution in [0.1, 0.15) is 37.6 Å². The SMILES string of the molecule is CCOCCCNC(=O)c1ccc(S(=O)(=O)NCC(C)C)cc1. The summed E-state index contributed by atoms with van der Waals surface area (Å²) in [5, 5.41) is 2.77. The smallest absolute Gasteiger partial charge is 0.251 e. The molecule has 0 fully saturated rings. The van der Waals surface area contributed by atoms with Crippen LogP contribution in [0.4, 0.5) is 0 Å². The van der Waals surface area contributed by atoms with Crippen molar-refractivity contribution in [2.45, 2.75) is 32.1 Å². The van der Waals surface area contributed by atoms with Gasteiger partial charge >= 0.3 is 0 Å². The summed E-state index contributed by atoms with van der Waals surface area (Å²) >= 11 is 0. The van der Waals surface area contributed by atoms with Gasteiger partial charge in [-0.1, -0.05) is 13.8 Å². The summed E-state index contributed by atoms with van der Waals surface area (Å²) in [6.07, 6.45) is 0.741. The molecule has 0 bridgehead atoms. The Labute approximate surface area is 138 Å². The molecule has 0 aliphatic carbocycles. The zero-order valence-corrected chi connectivity index (χ0v) is 14.8. The summed E-state index contributed by atoms with van der Waals surface area (Å²) in [4.78, 5) is 12.1. The first-order valence-electron chi connectivity index (χ1n) is 7.82. The predicted molar refractivity (Wildman–Crippen MR) is 89.9 cm³/mol. The molecule has 1 aromatic rings. The van der Waals surface area contributed by atoms with Crippen LogP contribution in [0.5, 0.6) is 0 Å². The Balaban J connectivity index is 2.57. The highest BCUT2D eigenvalue weighted by molar-refractivity contribution is 7.89. The number of carbonyl (C=O) groups excluding carboxylic acids is 1. The summed E-state index contributed by atoms with van der Waals surface area (Å²) in [5.41, 5.74) is 0.434. The largest absolute Gasteiger partial charge is 0.382 e. The topological polar surface area (TPSA) is 84.5 Å². The van der Waals surface area contributed by atoms with Crippen molar-refractivity contribution in [2.24, 2.45) is 5.92 Å². The average Bonchev–Trinajstić information content (AvgIpc) is 2.53. The van der Waals surface area contributed by atoms with E-state index in [0.717, 1.165) is 6.42 Å². The van der Waals surface area contributed by atoms with Gasteiger partial charge in [-0.2, -0.15) is 0 Å². The van der Waals surface area contributed by atoms with Gasteiger partial charge in [0.1, 0.15) is 0 Å². The lowest BCUT2D eigenvalue weighted by molar-refractivity contribution is 0.0944. The summed E-state index contributed by atoms with van der Waals surface area (Å²) in [6, 6.07) is 5.92. The monoisotopic (exact) mass is 342 g/mol. The van der Waals surface area contributed by atoms with E-state index in [1.165, 1.54) is 24.3 Å². The molecule has 1 amide bonds. The third kappa shape index (κ3) is 7.11. The maximum atomic E-state index is 12.1. The van der Waals surface area contributed by atoms with Crippen molar-refractivity contribution in [1.82, 2.24) is 10.0 Å². The van der Waals surface area contributed by atoms with Crippen molar-refractivity contribution < 1.29 is 17.9 Å². The first-order valence-corrected chi connectivity index (χ1v) is 9.30. The lowest BCUT2D eigenvalue weighted by Gasteiger charge is -2.09. The van der Waals surface area contributed by atoms with Crippen LogP contribution in [0.25, 0.3) is 0 Å². The number of amides is 1. The molecule has 0 saturated carbocycles. The minimum Gasteiger partial charge on any atom is -0.382 e. The molecule has 0 unspecified atom stereocenters. The van der Waals surface area contributed by atoms with Gasteiger partial charge in [0.15, 0.2) is 0 Å². The maximum absolute atomic E-state index is 12.1. The molecule has 7 heteroatoms. The molecule has 6 nitrogen and oxygen atoms in total. The molecule has 23 heavy (non-hydrogen) atoms. The number of ether oxygens (including phenoxy) is 1. The lowest BCUT2D eigenvalue weighted by atomic mass is 10.2. The van der Waals surface area contributed by atoms with E-state index >= 15 is 0 Å². The highest BCUT2D eigenvalue weighted by Crippen LogP contribution is 2.11. The Kier molecular flexibility index (Phi) is 8.22. The Morgan fingerprint density at radius 1 is 1.22 bits per heavy atom. The minimum atomic E-state index is -3.52. The molecule has 1 aromatic carbocycles. The van der Waals surface area contributed by atoms with Crippen LogP contribution in [-0.2, 0) is 14.8 Å². The summed E-state index contributed by atoms with van der Waals surface area (Å²) in [5.74, 6) is 0.00657. The summed E-state index contributed by atoms with van der Waals surface area (Å²) in [6.45, 7) is 7.96. The van der Waals surface area contributed by atoms with Gasteiger partial charge in [-0.05, 0) is 43.5 Å². The van der Waals surface area contributed by atoms with Gasteiger partial charge in [-0.25, -0.2) is 13.1 Å². The highest BCUT2D eigenvalue weighted by atomic mass is 32.2. The molecule has 0 spiro atoms. The number of hydrogen-bond acceptors (Lipinski definition) is 4. The molecule has 0 radical (unpaired) electrons. The molecule has 130 valence electrons. The Bertz CT molecular complexity index is 583. The van der Waals surface area contributed by atoms with Crippen molar-refractivity contribution >= 4 is 15.9 Å². The quantitative estimate of drug-likeness (QED) is 0.635. The first-order chi connectivity index (χ1) is 10.9. The second-order valence-electron chi connectivity index (χ2n) is 5.58. The van der Waals surface area contributed by atoms with E-state index in [4.69, 9.17) is 4.74 Å². The average molecular weight is 342 g/mol. The predicted octanol–water partition coefficient (Wildman–Crippen LogP) is 1.78. The van der Waals surface area contributed by atoms with E-state index in [0.29, 0.717) is 31.9 Å². The van der Waals surface area contributed by atoms with Crippen LogP contribution in [0.2, 0.25) is 0 Å². The van der Waals surface area contributed by atoms with Gasteiger partial charge in [-0.15, -0.1) is 0 Å². The van der Waals surface area contributed by atoms with E-state index in [1.807, 2.05) is 20.8 Å². The maximum Gasteiger partial charge on any atom is 0.251 e. The second-order valence-corrected chi connectivity index (χ2v) is 7.34. The van der Waals surface area contributed by atoms with Crippen molar-refractivity contribution in [2.75, 3.05) is 26.3 Å². The van der Waals surface area contributed by atoms with Crippen molar-refractivity contribution in [3.63, 3.8) is 0 Å². The molecule has 0 aliphatic rings. The van der Waals surface area contributed by atoms with Crippen molar-refractivity contribution in [1.29, 1.82) is 0 Å². The standard InChI is InChI=1S/C16H26N2O4S/c1-4-22-11-5-10-17-16(19)14-6-8-15(9-7-14)23(20,21)18-12-13(2)3/h6-9,13,18H,4-5,10-12H2,1-3H3,(H,17,19). The van der Waals surface area contributed by atoms with Crippen LogP contribution in [0, 0.1) is 5.92 Å². The number of carbonyl (C=O) groups is 1. The van der Waals surface area contributed by atoms with E-state index in [9.17, 15) is 13.2 Å². The zero-order chi connectivity index (χ0) is 17.3. The van der Waals surface area contributed by atoms with Crippen LogP contribution in [0.15, 0.2) is 29.2 Å². The van der Waals surface area contributed by atoms with E-state index in [1.54, 1.807) is 0 Å². The fourth-order valence-electron chi connectivity index (χ4n) is 1.77. The molecule has 0 atom stereocenters. The highest BCUT2D eigenvalue weighted by Gasteiger charge is 2.15. The zero-order valence-electron chi connectivity index (χ0n) is 14.0. The number of sulfonamides is 1. The van der Waals surface area contributed by atoms with Gasteiger partial charge in [0.2, 0.25) is 10.0 Å². The molecular formula is C16H26N2O4S. The number of benzene rings is 1. The van der Waals surface area contributed by atoms with Crippen LogP contribution in [0.3, 0.4) is 0 Å². The number of nitrogens with one attached hydrogen (secondary N) is 2. The van der Waals surface area contributed by atoms with E-state index < -0.39 is 10.0 Å². The van der Waals surface area contributed by atoms with Crippen LogP contribution in [-0.4, -0.2) is 40.6 Å². The summed E-state index contributed by atoms with van der Waals surface area (Å²) < 4.78 is 31.9. The third-order valence-corrected chi connectivity index (χ3v) is 4.50. The fraction of sp³-hybridized carbons (Fsp3) is 0.562. The Morgan fingerprint density at radius 2 is 1.87 bits per heavy atom. The molecule has 0 saturated heterocycles. The molecule has 0 aliphatic heterocycles. The number of hydrogen-bond donors (Lipinski definition) is 2. The third-order valence-electron chi connectivity index (χ3n) is 3.06. The molecule has 0 aromatic heterocycles. The molecule has 1 rings (SSSR count). The first kappa shape index (κ1) is 19.6. The fourth-order valence-corrected chi connectivity index (χ4v) is 2.98. The Hall–Kier alpha value is -1.44. The van der Waals surface area contributed by atoms with Gasteiger partial charge in [0.05, 0.1) is 4.90 Å². The molecule has 0 heterocycles. The van der Waals surface area contributed by atoms with E-state index in [-0.39, 0.29) is 16.7 Å². The molecule has 2 N–H and O–H groups in total. The van der Waals surface area contributed by atoms with Crippen LogP contribution < -0.4 is 10.0 Å². The molecular weight excluding hydrogens is 316 g/mol. The van der Waals surface area contributed by atoms with Gasteiger partial charge in [0.25, 0.3) is 5.91 Å². The summed E-state index contributed by atoms with van der Waals surface area (Å²) in [7, 11) is -3.52. The van der Waals surface area contributed by atoms with Crippen LogP contribution >= 0.6 is 0 Å². The van der Waals surface area contributed by atoms with Gasteiger partial charge in [0, 0.05) is 31.9 Å². The second kappa shape index (κ2) is 9.64. The Morgan fingerprint density at radius 3 is 2.43 bits per heavy atom. The normalized spacial score (nSPS) is 11.7.